The summed E-state index contributed by atoms with van der Waals surface area (Å²) >= 11 is 13.7. The van der Waals surface area contributed by atoms with Crippen LogP contribution in [0.5, 0.6) is 0 Å². The lowest BCUT2D eigenvalue weighted by molar-refractivity contribution is 0.503. The van der Waals surface area contributed by atoms with E-state index in [-0.39, 0.29) is 21.7 Å². The van der Waals surface area contributed by atoms with Crippen LogP contribution in [0.25, 0.3) is 0 Å². The van der Waals surface area contributed by atoms with Crippen molar-refractivity contribution < 1.29 is 9.13 Å². The Morgan fingerprint density at radius 3 is 1.00 bits per heavy atom. The lowest BCUT2D eigenvalue weighted by Crippen LogP contribution is -2.33. The van der Waals surface area contributed by atoms with E-state index in [9.17, 15) is 9.13 Å². The van der Waals surface area contributed by atoms with Crippen LogP contribution in [0, 0.1) is 10.8 Å². The third kappa shape index (κ3) is 7.89. The smallest absolute Gasteiger partial charge is 0.222 e. The van der Waals surface area contributed by atoms with Crippen molar-refractivity contribution in [2.24, 2.45) is 10.8 Å². The van der Waals surface area contributed by atoms with Gasteiger partial charge in [0.25, 0.3) is 0 Å². The van der Waals surface area contributed by atoms with Crippen LogP contribution in [0.1, 0.15) is 182 Å². The molecule has 2 aromatic carbocycles. The topological polar surface area (TPSA) is 34.1 Å². The normalized spacial score (nSPS) is 23.4. The second kappa shape index (κ2) is 13.5. The SMILES string of the molecule is CC(C)c1cc(C(C)C)c2c(c1)C(C)(C)C=C(C(C)(C)C)[P@]2(=O)Cl.CC(C)c1cc(C(C)C)c2c(c1)C(C)(C)C=C(C(C)(C)C)[P@]2(=O)Cl. The zero-order chi connectivity index (χ0) is 37.3. The minimum Gasteiger partial charge on any atom is -0.297 e. The Balaban J connectivity index is 0.000000260. The second-order valence-corrected chi connectivity index (χ2v) is 25.5. The molecule has 2 nitrogen and oxygen atoms in total. The molecule has 2 aliphatic heterocycles. The molecule has 0 amide bonds. The molecule has 48 heavy (non-hydrogen) atoms. The summed E-state index contributed by atoms with van der Waals surface area (Å²) in [4.78, 5) is 0. The van der Waals surface area contributed by atoms with Crippen molar-refractivity contribution in [2.75, 3.05) is 0 Å². The number of hydrogen-bond donors (Lipinski definition) is 0. The third-order valence-electron chi connectivity index (χ3n) is 10.0. The Hall–Kier alpha value is -1.04. The quantitative estimate of drug-likeness (QED) is 0.293. The molecule has 268 valence electrons. The summed E-state index contributed by atoms with van der Waals surface area (Å²) in [6.07, 6.45) is 4.33. The molecule has 0 spiro atoms. The van der Waals surface area contributed by atoms with Gasteiger partial charge < -0.3 is 0 Å². The molecule has 6 heteroatoms. The second-order valence-electron chi connectivity index (χ2n) is 18.7. The van der Waals surface area contributed by atoms with Gasteiger partial charge in [-0.2, -0.15) is 0 Å². The fraction of sp³-hybridized carbons (Fsp3) is 0.619. The standard InChI is InChI=1S/2C21H32ClOP/c2*1-13(2)15-10-16(14(3)4)19-17(11-15)21(8,9)12-18(20(5,6)7)24(19,22)23/h2*10-14H,1-9H3/t2*24-/m11/s1. The van der Waals surface area contributed by atoms with Crippen LogP contribution in [-0.4, -0.2) is 0 Å². The first-order valence-corrected chi connectivity index (χ1v) is 23.1. The van der Waals surface area contributed by atoms with Crippen LogP contribution in [-0.2, 0) is 20.0 Å². The van der Waals surface area contributed by atoms with Crippen molar-refractivity contribution in [3.63, 3.8) is 0 Å². The Morgan fingerprint density at radius 1 is 0.521 bits per heavy atom. The number of benzene rings is 2. The molecule has 0 aliphatic carbocycles. The van der Waals surface area contributed by atoms with Crippen LogP contribution >= 0.6 is 35.5 Å². The molecule has 0 radical (unpaired) electrons. The lowest BCUT2D eigenvalue weighted by Gasteiger charge is -2.40. The molecule has 0 unspecified atom stereocenters. The highest BCUT2D eigenvalue weighted by Crippen LogP contribution is 2.69. The zero-order valence-electron chi connectivity index (χ0n) is 33.2. The Kier molecular flexibility index (Phi) is 11.6. The van der Waals surface area contributed by atoms with E-state index in [1.54, 1.807) is 0 Å². The first-order chi connectivity index (χ1) is 21.4. The van der Waals surface area contributed by atoms with Gasteiger partial charge in [0.05, 0.1) is 0 Å². The summed E-state index contributed by atoms with van der Waals surface area (Å²) in [6, 6.07) is 8.92. The molecule has 4 rings (SSSR count). The molecule has 2 heterocycles. The highest BCUT2D eigenvalue weighted by Gasteiger charge is 2.47. The molecule has 2 aliphatic rings. The Morgan fingerprint density at radius 2 is 0.792 bits per heavy atom. The molecule has 2 atom stereocenters. The average Bonchev–Trinajstić information content (AvgIpc) is 2.91. The minimum atomic E-state index is -3.10. The van der Waals surface area contributed by atoms with Crippen molar-refractivity contribution in [1.82, 2.24) is 0 Å². The summed E-state index contributed by atoms with van der Waals surface area (Å²) in [5.41, 5.74) is 6.42. The molecule has 0 fully saturated rings. The van der Waals surface area contributed by atoms with E-state index >= 15 is 0 Å². The van der Waals surface area contributed by atoms with E-state index in [0.717, 1.165) is 43.5 Å². The Bertz CT molecular complexity index is 1590. The first-order valence-electron chi connectivity index (χ1n) is 17.8. The van der Waals surface area contributed by atoms with Crippen molar-refractivity contribution >= 4 is 46.1 Å². The van der Waals surface area contributed by atoms with E-state index in [1.165, 1.54) is 11.1 Å². The van der Waals surface area contributed by atoms with E-state index in [0.29, 0.717) is 23.7 Å². The molecule has 0 saturated heterocycles. The van der Waals surface area contributed by atoms with Crippen LogP contribution < -0.4 is 10.6 Å². The maximum Gasteiger partial charge on any atom is 0.222 e. The monoisotopic (exact) mass is 732 g/mol. The molecular weight excluding hydrogens is 669 g/mol. The van der Waals surface area contributed by atoms with Gasteiger partial charge in [0, 0.05) is 32.1 Å². The van der Waals surface area contributed by atoms with Gasteiger partial charge in [-0.25, -0.2) is 0 Å². The zero-order valence-corrected chi connectivity index (χ0v) is 36.5. The summed E-state index contributed by atoms with van der Waals surface area (Å²) < 4.78 is 27.7. The van der Waals surface area contributed by atoms with Gasteiger partial charge in [-0.05, 0) is 90.4 Å². The molecule has 0 saturated carbocycles. The fourth-order valence-corrected chi connectivity index (χ4v) is 15.8. The summed E-state index contributed by atoms with van der Waals surface area (Å²) in [5, 5.41) is 3.60. The van der Waals surface area contributed by atoms with Gasteiger partial charge in [-0.1, -0.05) is 161 Å². The first kappa shape index (κ1) is 41.4. The van der Waals surface area contributed by atoms with Gasteiger partial charge in [0.15, 0.2) is 0 Å². The third-order valence-corrected chi connectivity index (χ3v) is 17.1. The molecule has 0 N–H and O–H groups in total. The highest BCUT2D eigenvalue weighted by molar-refractivity contribution is 7.98. The van der Waals surface area contributed by atoms with E-state index in [4.69, 9.17) is 22.5 Å². The van der Waals surface area contributed by atoms with E-state index in [2.05, 4.69) is 161 Å². The van der Waals surface area contributed by atoms with Crippen LogP contribution in [0.2, 0.25) is 0 Å². The van der Waals surface area contributed by atoms with Crippen LogP contribution in [0.3, 0.4) is 0 Å². The average molecular weight is 734 g/mol. The molecule has 2 aromatic rings. The van der Waals surface area contributed by atoms with E-state index < -0.39 is 13.0 Å². The van der Waals surface area contributed by atoms with E-state index in [1.807, 2.05) is 0 Å². The van der Waals surface area contributed by atoms with Crippen molar-refractivity contribution in [3.05, 3.63) is 80.4 Å². The molecular formula is C42H64Cl2O2P2. The predicted molar refractivity (Wildman–Crippen MR) is 217 cm³/mol. The maximum atomic E-state index is 13.8. The van der Waals surface area contributed by atoms with Gasteiger partial charge in [-0.3, -0.25) is 9.13 Å². The maximum absolute atomic E-state index is 13.8. The molecule has 0 aromatic heterocycles. The van der Waals surface area contributed by atoms with Gasteiger partial charge >= 0.3 is 0 Å². The van der Waals surface area contributed by atoms with Crippen LogP contribution in [0.15, 0.2) is 47.0 Å². The molecule has 0 bridgehead atoms. The van der Waals surface area contributed by atoms with Gasteiger partial charge in [0.1, 0.15) is 0 Å². The summed E-state index contributed by atoms with van der Waals surface area (Å²) in [6.45, 7) is 32.8. The number of halogens is 2. The lowest BCUT2D eigenvalue weighted by atomic mass is 9.78. The predicted octanol–water partition coefficient (Wildman–Crippen LogP) is 14.6. The fourth-order valence-electron chi connectivity index (χ4n) is 7.07. The number of rotatable bonds is 4. The van der Waals surface area contributed by atoms with Crippen LogP contribution in [0.4, 0.5) is 0 Å². The number of allylic oxidation sites excluding steroid dienone is 4. The van der Waals surface area contributed by atoms with Crippen molar-refractivity contribution in [3.8, 4) is 0 Å². The number of hydrogen-bond acceptors (Lipinski definition) is 2. The van der Waals surface area contributed by atoms with Gasteiger partial charge in [-0.15, -0.1) is 0 Å². The van der Waals surface area contributed by atoms with Crippen molar-refractivity contribution in [1.29, 1.82) is 0 Å². The summed E-state index contributed by atoms with van der Waals surface area (Å²) in [5.74, 6) is 1.46. The largest absolute Gasteiger partial charge is 0.297 e. The number of fused-ring (bicyclic) bond motifs is 2. The Labute approximate surface area is 304 Å². The minimum absolute atomic E-state index is 0.171. The summed E-state index contributed by atoms with van der Waals surface area (Å²) in [7, 11) is 0. The highest BCUT2D eigenvalue weighted by atomic mass is 35.7. The van der Waals surface area contributed by atoms with Crippen molar-refractivity contribution in [2.45, 2.75) is 159 Å². The van der Waals surface area contributed by atoms with Gasteiger partial charge in [0.2, 0.25) is 13.0 Å².